The third kappa shape index (κ3) is 2.41. The first kappa shape index (κ1) is 14.6. The number of aromatic nitrogens is 3. The van der Waals surface area contributed by atoms with E-state index in [1.54, 1.807) is 10.9 Å². The second-order valence-electron chi connectivity index (χ2n) is 7.00. The van der Waals surface area contributed by atoms with E-state index in [2.05, 4.69) is 15.4 Å². The summed E-state index contributed by atoms with van der Waals surface area (Å²) >= 11 is 0. The van der Waals surface area contributed by atoms with E-state index in [0.29, 0.717) is 23.7 Å². The Balaban J connectivity index is 1.66. The first-order valence-electron chi connectivity index (χ1n) is 8.35. The van der Waals surface area contributed by atoms with Gasteiger partial charge in [0.15, 0.2) is 5.65 Å². The van der Waals surface area contributed by atoms with Crippen LogP contribution < -0.4 is 5.32 Å². The average Bonchev–Trinajstić information content (AvgIpc) is 3.07. The predicted molar refractivity (Wildman–Crippen MR) is 88.3 cm³/mol. The van der Waals surface area contributed by atoms with Crippen LogP contribution >= 0.6 is 0 Å². The van der Waals surface area contributed by atoms with Crippen LogP contribution in [0.25, 0.3) is 11.0 Å². The lowest BCUT2D eigenvalue weighted by Gasteiger charge is -2.35. The molecule has 122 valence electrons. The monoisotopic (exact) mass is 313 g/mol. The fourth-order valence-electron chi connectivity index (χ4n) is 4.12. The van der Waals surface area contributed by atoms with Crippen molar-refractivity contribution in [2.45, 2.75) is 50.7 Å². The Morgan fingerprint density at radius 2 is 2.04 bits per heavy atom. The van der Waals surface area contributed by atoms with Gasteiger partial charge in [0, 0.05) is 37.9 Å². The van der Waals surface area contributed by atoms with Crippen LogP contribution in [0.2, 0.25) is 0 Å². The summed E-state index contributed by atoms with van der Waals surface area (Å²) in [4.78, 5) is 19.5. The predicted octanol–water partition coefficient (Wildman–Crippen LogP) is 1.63. The Morgan fingerprint density at radius 3 is 2.74 bits per heavy atom. The molecule has 6 heteroatoms. The first-order valence-corrected chi connectivity index (χ1v) is 8.35. The minimum Gasteiger partial charge on any atom is -0.339 e. The number of carbonyl (C=O) groups is 1. The number of nitrogens with zero attached hydrogens (tertiary/aromatic N) is 4. The highest BCUT2D eigenvalue weighted by molar-refractivity contribution is 6.05. The minimum atomic E-state index is 0.0831. The maximum Gasteiger partial charge on any atom is 0.254 e. The normalized spacial score (nSPS) is 26.7. The SMILES string of the molecule is Cc1cc(C(=O)N(C)C2CC3CCC(C2)N3)c2cnn(C)c2n1. The third-order valence-corrected chi connectivity index (χ3v) is 5.38. The maximum absolute atomic E-state index is 13.1. The lowest BCUT2D eigenvalue weighted by Crippen LogP contribution is -2.48. The highest BCUT2D eigenvalue weighted by Crippen LogP contribution is 2.30. The van der Waals surface area contributed by atoms with E-state index in [1.807, 2.05) is 32.0 Å². The number of hydrogen-bond donors (Lipinski definition) is 1. The van der Waals surface area contributed by atoms with Crippen LogP contribution in [0.1, 0.15) is 41.7 Å². The Hall–Kier alpha value is -1.95. The summed E-state index contributed by atoms with van der Waals surface area (Å²) in [6.45, 7) is 1.92. The number of amides is 1. The van der Waals surface area contributed by atoms with Crippen LogP contribution in [-0.2, 0) is 7.05 Å². The van der Waals surface area contributed by atoms with Gasteiger partial charge in [-0.1, -0.05) is 0 Å². The summed E-state index contributed by atoms with van der Waals surface area (Å²) in [5.74, 6) is 0.0831. The van der Waals surface area contributed by atoms with Crippen LogP contribution in [0.3, 0.4) is 0 Å². The largest absolute Gasteiger partial charge is 0.339 e. The second-order valence-corrected chi connectivity index (χ2v) is 7.00. The van der Waals surface area contributed by atoms with E-state index < -0.39 is 0 Å². The number of hydrogen-bond acceptors (Lipinski definition) is 4. The number of aryl methyl sites for hydroxylation is 2. The molecular weight excluding hydrogens is 290 g/mol. The highest BCUT2D eigenvalue weighted by atomic mass is 16.2. The average molecular weight is 313 g/mol. The van der Waals surface area contributed by atoms with Crippen LogP contribution in [0.4, 0.5) is 0 Å². The molecule has 0 radical (unpaired) electrons. The quantitative estimate of drug-likeness (QED) is 0.915. The zero-order valence-corrected chi connectivity index (χ0v) is 13.9. The third-order valence-electron chi connectivity index (χ3n) is 5.38. The molecule has 2 unspecified atom stereocenters. The summed E-state index contributed by atoms with van der Waals surface area (Å²) in [5, 5.41) is 8.73. The van der Waals surface area contributed by atoms with E-state index in [-0.39, 0.29) is 5.91 Å². The van der Waals surface area contributed by atoms with E-state index in [0.717, 1.165) is 29.6 Å². The minimum absolute atomic E-state index is 0.0831. The van der Waals surface area contributed by atoms with Crippen LogP contribution in [0.5, 0.6) is 0 Å². The van der Waals surface area contributed by atoms with Crippen molar-refractivity contribution >= 4 is 16.9 Å². The van der Waals surface area contributed by atoms with Crippen molar-refractivity contribution in [2.24, 2.45) is 7.05 Å². The Morgan fingerprint density at radius 1 is 1.35 bits per heavy atom. The Kier molecular flexibility index (Phi) is 3.37. The maximum atomic E-state index is 13.1. The Bertz CT molecular complexity index is 756. The van der Waals surface area contributed by atoms with Gasteiger partial charge in [-0.05, 0) is 38.7 Å². The molecule has 2 aliphatic rings. The summed E-state index contributed by atoms with van der Waals surface area (Å²) < 4.78 is 1.73. The smallest absolute Gasteiger partial charge is 0.254 e. The molecule has 2 atom stereocenters. The van der Waals surface area contributed by atoms with Crippen molar-refractivity contribution in [3.05, 3.63) is 23.5 Å². The number of rotatable bonds is 2. The summed E-state index contributed by atoms with van der Waals surface area (Å²) in [6.07, 6.45) is 6.34. The molecule has 2 bridgehead atoms. The van der Waals surface area contributed by atoms with Crippen molar-refractivity contribution in [3.8, 4) is 0 Å². The van der Waals surface area contributed by atoms with Gasteiger partial charge in [-0.2, -0.15) is 5.10 Å². The number of pyridine rings is 1. The Labute approximate surface area is 135 Å². The van der Waals surface area contributed by atoms with Crippen molar-refractivity contribution < 1.29 is 4.79 Å². The lowest BCUT2D eigenvalue weighted by atomic mass is 9.97. The zero-order chi connectivity index (χ0) is 16.1. The van der Waals surface area contributed by atoms with Gasteiger partial charge in [-0.15, -0.1) is 0 Å². The molecule has 4 rings (SSSR count). The van der Waals surface area contributed by atoms with Crippen molar-refractivity contribution in [1.82, 2.24) is 25.0 Å². The summed E-state index contributed by atoms with van der Waals surface area (Å²) in [5.41, 5.74) is 2.34. The number of piperidine rings is 1. The van der Waals surface area contributed by atoms with E-state index >= 15 is 0 Å². The van der Waals surface area contributed by atoms with Gasteiger partial charge in [0.25, 0.3) is 5.91 Å². The standard InChI is InChI=1S/C17H23N5O/c1-10-6-14(15-9-18-22(3)16(15)19-10)17(23)21(2)13-7-11-4-5-12(8-13)20-11/h6,9,11-13,20H,4-5,7-8H2,1-3H3. The molecule has 2 aliphatic heterocycles. The number of nitrogens with one attached hydrogen (secondary N) is 1. The number of carbonyl (C=O) groups excluding carboxylic acids is 1. The van der Waals surface area contributed by atoms with E-state index in [4.69, 9.17) is 0 Å². The van der Waals surface area contributed by atoms with Crippen molar-refractivity contribution in [2.75, 3.05) is 7.05 Å². The highest BCUT2D eigenvalue weighted by Gasteiger charge is 2.36. The molecule has 0 saturated carbocycles. The molecular formula is C17H23N5O. The molecule has 6 nitrogen and oxygen atoms in total. The molecule has 2 saturated heterocycles. The van der Waals surface area contributed by atoms with Crippen LogP contribution in [-0.4, -0.2) is 50.7 Å². The number of fused-ring (bicyclic) bond motifs is 3. The molecule has 23 heavy (non-hydrogen) atoms. The van der Waals surface area contributed by atoms with Gasteiger partial charge in [-0.25, -0.2) is 4.98 Å². The topological polar surface area (TPSA) is 63.1 Å². The molecule has 1 N–H and O–H groups in total. The van der Waals surface area contributed by atoms with Crippen LogP contribution in [0, 0.1) is 6.92 Å². The van der Waals surface area contributed by atoms with Crippen molar-refractivity contribution in [1.29, 1.82) is 0 Å². The van der Waals surface area contributed by atoms with Crippen molar-refractivity contribution in [3.63, 3.8) is 0 Å². The van der Waals surface area contributed by atoms with Gasteiger partial charge < -0.3 is 10.2 Å². The summed E-state index contributed by atoms with van der Waals surface area (Å²) in [7, 11) is 3.80. The van der Waals surface area contributed by atoms with Crippen LogP contribution in [0.15, 0.2) is 12.3 Å². The lowest BCUT2D eigenvalue weighted by molar-refractivity contribution is 0.0683. The molecule has 0 aromatic carbocycles. The second kappa shape index (κ2) is 5.30. The molecule has 2 fully saturated rings. The van der Waals surface area contributed by atoms with Gasteiger partial charge in [-0.3, -0.25) is 9.48 Å². The molecule has 2 aromatic heterocycles. The van der Waals surface area contributed by atoms with Gasteiger partial charge in [0.1, 0.15) is 0 Å². The first-order chi connectivity index (χ1) is 11.0. The fraction of sp³-hybridized carbons (Fsp3) is 0.588. The van der Waals surface area contributed by atoms with Gasteiger partial charge in [0.05, 0.1) is 17.1 Å². The molecule has 0 aliphatic carbocycles. The summed E-state index contributed by atoms with van der Waals surface area (Å²) in [6, 6.07) is 3.36. The molecule has 4 heterocycles. The van der Waals surface area contributed by atoms with Gasteiger partial charge in [0.2, 0.25) is 0 Å². The molecule has 2 aromatic rings. The fourth-order valence-corrected chi connectivity index (χ4v) is 4.12. The zero-order valence-electron chi connectivity index (χ0n) is 13.9. The molecule has 0 spiro atoms. The molecule has 1 amide bonds. The van der Waals surface area contributed by atoms with E-state index in [1.165, 1.54) is 12.8 Å². The van der Waals surface area contributed by atoms with Gasteiger partial charge >= 0.3 is 0 Å². The van der Waals surface area contributed by atoms with E-state index in [9.17, 15) is 4.79 Å².